The minimum atomic E-state index is -0.0532. The van der Waals surface area contributed by atoms with E-state index < -0.39 is 0 Å². The Morgan fingerprint density at radius 3 is 1.77 bits per heavy atom. The molecule has 66 valence electrons. The van der Waals surface area contributed by atoms with Crippen LogP contribution in [-0.4, -0.2) is 0 Å². The van der Waals surface area contributed by atoms with Gasteiger partial charge in [-0.05, 0) is 24.7 Å². The van der Waals surface area contributed by atoms with Crippen molar-refractivity contribution in [1.29, 1.82) is 10.5 Å². The van der Waals surface area contributed by atoms with Gasteiger partial charge in [0.05, 0.1) is 24.0 Å². The van der Waals surface area contributed by atoms with E-state index in [-0.39, 0.29) is 11.8 Å². The Bertz CT molecular complexity index is 275. The van der Waals surface area contributed by atoms with Crippen LogP contribution in [-0.2, 0) is 0 Å². The molecule has 3 aliphatic rings. The minimum absolute atomic E-state index is 0.0532. The van der Waals surface area contributed by atoms with Crippen molar-refractivity contribution >= 4 is 0 Å². The number of nitriles is 2. The highest BCUT2D eigenvalue weighted by Crippen LogP contribution is 2.41. The second-order valence-corrected chi connectivity index (χ2v) is 3.95. The van der Waals surface area contributed by atoms with Gasteiger partial charge in [0.2, 0.25) is 0 Å². The molecule has 2 heteroatoms. The third-order valence-electron chi connectivity index (χ3n) is 3.29. The molecule has 0 aromatic heterocycles. The molecule has 0 N–H and O–H groups in total. The van der Waals surface area contributed by atoms with Crippen LogP contribution >= 0.6 is 0 Å². The Morgan fingerprint density at radius 2 is 1.38 bits per heavy atom. The van der Waals surface area contributed by atoms with Crippen LogP contribution in [0.2, 0.25) is 0 Å². The first-order chi connectivity index (χ1) is 6.36. The smallest absolute Gasteiger partial charge is 0.0689 e. The van der Waals surface area contributed by atoms with E-state index in [0.29, 0.717) is 11.8 Å². The molecule has 0 heterocycles. The zero-order valence-electron chi connectivity index (χ0n) is 7.48. The minimum Gasteiger partial charge on any atom is -0.198 e. The standard InChI is InChI=1S/C11H12N2/c12-6-10-8-2-1-3-9(5-4-8)11(10)7-13/h4-5,8-11H,1-3H2/t8-,9+,10-,11-/m1/s1. The van der Waals surface area contributed by atoms with Crippen LogP contribution in [0.15, 0.2) is 12.2 Å². The van der Waals surface area contributed by atoms with Crippen molar-refractivity contribution < 1.29 is 0 Å². The average Bonchev–Trinajstić information content (AvgIpc) is 2.49. The lowest BCUT2D eigenvalue weighted by Gasteiger charge is -2.27. The van der Waals surface area contributed by atoms with Gasteiger partial charge in [-0.3, -0.25) is 0 Å². The maximum atomic E-state index is 9.00. The monoisotopic (exact) mass is 172 g/mol. The molecule has 0 radical (unpaired) electrons. The molecule has 4 atom stereocenters. The van der Waals surface area contributed by atoms with Gasteiger partial charge in [0.15, 0.2) is 0 Å². The van der Waals surface area contributed by atoms with Gasteiger partial charge in [-0.25, -0.2) is 0 Å². The Kier molecular flexibility index (Phi) is 2.07. The summed E-state index contributed by atoms with van der Waals surface area (Å²) in [4.78, 5) is 0. The molecule has 0 unspecified atom stereocenters. The van der Waals surface area contributed by atoms with Gasteiger partial charge in [0.25, 0.3) is 0 Å². The predicted molar refractivity (Wildman–Crippen MR) is 48.2 cm³/mol. The van der Waals surface area contributed by atoms with Gasteiger partial charge in [0.1, 0.15) is 0 Å². The molecule has 1 saturated carbocycles. The van der Waals surface area contributed by atoms with Crippen molar-refractivity contribution in [3.63, 3.8) is 0 Å². The summed E-state index contributed by atoms with van der Waals surface area (Å²) in [5.41, 5.74) is 0. The van der Waals surface area contributed by atoms with Gasteiger partial charge in [-0.1, -0.05) is 18.6 Å². The van der Waals surface area contributed by atoms with E-state index in [1.165, 1.54) is 6.42 Å². The normalized spacial score (nSPS) is 42.0. The number of hydrogen-bond acceptors (Lipinski definition) is 2. The number of rotatable bonds is 0. The first-order valence-electron chi connectivity index (χ1n) is 4.84. The molecule has 1 fully saturated rings. The second kappa shape index (κ2) is 3.23. The predicted octanol–water partition coefficient (Wildman–Crippen LogP) is 2.25. The fraction of sp³-hybridized carbons (Fsp3) is 0.636. The molecule has 0 amide bonds. The maximum Gasteiger partial charge on any atom is 0.0689 e. The van der Waals surface area contributed by atoms with Crippen LogP contribution in [0.3, 0.4) is 0 Å². The molecule has 2 bridgehead atoms. The molecule has 0 spiro atoms. The van der Waals surface area contributed by atoms with E-state index in [9.17, 15) is 0 Å². The molecule has 2 nitrogen and oxygen atoms in total. The van der Waals surface area contributed by atoms with E-state index >= 15 is 0 Å². The lowest BCUT2D eigenvalue weighted by atomic mass is 9.73. The lowest BCUT2D eigenvalue weighted by Crippen LogP contribution is -2.26. The zero-order chi connectivity index (χ0) is 9.26. The number of allylic oxidation sites excluding steroid dienone is 2. The summed E-state index contributed by atoms with van der Waals surface area (Å²) in [6.45, 7) is 0. The van der Waals surface area contributed by atoms with Gasteiger partial charge >= 0.3 is 0 Å². The first kappa shape index (κ1) is 8.32. The van der Waals surface area contributed by atoms with E-state index in [2.05, 4.69) is 24.3 Å². The van der Waals surface area contributed by atoms with Crippen LogP contribution in [0.4, 0.5) is 0 Å². The number of hydrogen-bond donors (Lipinski definition) is 0. The molecule has 0 aromatic rings. The van der Waals surface area contributed by atoms with Crippen LogP contribution in [0.1, 0.15) is 19.3 Å². The highest BCUT2D eigenvalue weighted by molar-refractivity contribution is 5.17. The summed E-state index contributed by atoms with van der Waals surface area (Å²) in [6.07, 6.45) is 7.64. The van der Waals surface area contributed by atoms with Crippen molar-refractivity contribution in [3.05, 3.63) is 12.2 Å². The molecular formula is C11H12N2. The summed E-state index contributed by atoms with van der Waals surface area (Å²) in [6, 6.07) is 4.61. The van der Waals surface area contributed by atoms with E-state index in [0.717, 1.165) is 12.8 Å². The van der Waals surface area contributed by atoms with E-state index in [1.807, 2.05) is 0 Å². The Hall–Kier alpha value is -1.28. The zero-order valence-corrected chi connectivity index (χ0v) is 7.48. The molecule has 13 heavy (non-hydrogen) atoms. The lowest BCUT2D eigenvalue weighted by molar-refractivity contribution is 0.329. The van der Waals surface area contributed by atoms with Gasteiger partial charge in [-0.15, -0.1) is 0 Å². The highest BCUT2D eigenvalue weighted by atomic mass is 14.4. The van der Waals surface area contributed by atoms with E-state index in [1.54, 1.807) is 0 Å². The van der Waals surface area contributed by atoms with E-state index in [4.69, 9.17) is 10.5 Å². The van der Waals surface area contributed by atoms with Crippen LogP contribution in [0.25, 0.3) is 0 Å². The number of nitrogens with zero attached hydrogens (tertiary/aromatic N) is 2. The molecule has 0 aromatic carbocycles. The highest BCUT2D eigenvalue weighted by Gasteiger charge is 2.38. The van der Waals surface area contributed by atoms with Crippen LogP contribution < -0.4 is 0 Å². The third kappa shape index (κ3) is 1.23. The topological polar surface area (TPSA) is 47.6 Å². The summed E-state index contributed by atoms with van der Waals surface area (Å²) >= 11 is 0. The average molecular weight is 172 g/mol. The summed E-state index contributed by atoms with van der Waals surface area (Å²) in [5.74, 6) is 0.576. The Balaban J connectivity index is 2.34. The molecular weight excluding hydrogens is 160 g/mol. The van der Waals surface area contributed by atoms with Crippen molar-refractivity contribution in [1.82, 2.24) is 0 Å². The molecule has 3 aliphatic carbocycles. The summed E-state index contributed by atoms with van der Waals surface area (Å²) < 4.78 is 0. The fourth-order valence-electron chi connectivity index (χ4n) is 2.55. The quantitative estimate of drug-likeness (QED) is 0.526. The van der Waals surface area contributed by atoms with Crippen LogP contribution in [0, 0.1) is 46.3 Å². The van der Waals surface area contributed by atoms with Gasteiger partial charge in [-0.2, -0.15) is 10.5 Å². The Labute approximate surface area is 78.5 Å². The number of fused-ring (bicyclic) bond motifs is 3. The van der Waals surface area contributed by atoms with Crippen molar-refractivity contribution in [2.45, 2.75) is 19.3 Å². The molecule has 0 saturated heterocycles. The molecule has 0 aliphatic heterocycles. The third-order valence-corrected chi connectivity index (χ3v) is 3.29. The summed E-state index contributed by atoms with van der Waals surface area (Å²) in [7, 11) is 0. The van der Waals surface area contributed by atoms with Crippen molar-refractivity contribution in [2.75, 3.05) is 0 Å². The second-order valence-electron chi connectivity index (χ2n) is 3.95. The molecule has 3 rings (SSSR count). The van der Waals surface area contributed by atoms with Gasteiger partial charge in [0, 0.05) is 0 Å². The SMILES string of the molecule is N#C[C@H]1[C@H](C#N)[C@H]2C=C[C@@H]1CCC2. The first-order valence-corrected chi connectivity index (χ1v) is 4.84. The Morgan fingerprint density at radius 1 is 0.923 bits per heavy atom. The fourth-order valence-corrected chi connectivity index (χ4v) is 2.55. The van der Waals surface area contributed by atoms with Crippen molar-refractivity contribution in [2.24, 2.45) is 23.7 Å². The van der Waals surface area contributed by atoms with Crippen molar-refractivity contribution in [3.8, 4) is 12.1 Å². The maximum absolute atomic E-state index is 9.00. The van der Waals surface area contributed by atoms with Crippen LogP contribution in [0.5, 0.6) is 0 Å². The van der Waals surface area contributed by atoms with Gasteiger partial charge < -0.3 is 0 Å². The summed E-state index contributed by atoms with van der Waals surface area (Å²) in [5, 5.41) is 18.0. The largest absolute Gasteiger partial charge is 0.198 e.